The molecule has 3 heterocycles. The molecule has 0 aliphatic carbocycles. The summed E-state index contributed by atoms with van der Waals surface area (Å²) >= 11 is 0. The number of hydrogen-bond donors (Lipinski definition) is 1. The zero-order chi connectivity index (χ0) is 21.3. The number of benzene rings is 1. The Morgan fingerprint density at radius 3 is 2.47 bits per heavy atom. The summed E-state index contributed by atoms with van der Waals surface area (Å²) < 4.78 is 38.0. The molecule has 0 radical (unpaired) electrons. The van der Waals surface area contributed by atoms with Crippen LogP contribution in [0.1, 0.15) is 16.8 Å². The number of nitriles is 1. The molecule has 30 heavy (non-hydrogen) atoms. The van der Waals surface area contributed by atoms with Gasteiger partial charge >= 0.3 is 6.18 Å². The van der Waals surface area contributed by atoms with E-state index >= 15 is 0 Å². The Morgan fingerprint density at radius 1 is 1.00 bits per heavy atom. The molecule has 0 bridgehead atoms. The smallest absolute Gasteiger partial charge is 0.323 e. The number of rotatable bonds is 3. The van der Waals surface area contributed by atoms with Crippen molar-refractivity contribution >= 4 is 22.5 Å². The van der Waals surface area contributed by atoms with Crippen LogP contribution < -0.4 is 5.32 Å². The summed E-state index contributed by atoms with van der Waals surface area (Å²) in [5.41, 5.74) is 3.04. The Labute approximate surface area is 169 Å². The topological polar surface area (TPSA) is 87.4 Å². The van der Waals surface area contributed by atoms with Gasteiger partial charge in [-0.15, -0.1) is 0 Å². The minimum absolute atomic E-state index is 0.0406. The Balaban J connectivity index is 1.69. The molecule has 6 nitrogen and oxygen atoms in total. The molecule has 0 spiro atoms. The van der Waals surface area contributed by atoms with E-state index in [0.29, 0.717) is 22.6 Å². The Kier molecular flexibility index (Phi) is 4.75. The maximum absolute atomic E-state index is 12.7. The van der Waals surface area contributed by atoms with E-state index < -0.39 is 11.7 Å². The lowest BCUT2D eigenvalue weighted by Crippen LogP contribution is -2.07. The van der Waals surface area contributed by atoms with Crippen LogP contribution in [0.4, 0.5) is 24.8 Å². The number of hydrogen-bond acceptors (Lipinski definition) is 6. The first-order chi connectivity index (χ1) is 14.3. The van der Waals surface area contributed by atoms with Crippen LogP contribution in [0.3, 0.4) is 0 Å². The first kappa shape index (κ1) is 19.3. The second-order valence-corrected chi connectivity index (χ2v) is 6.48. The number of halogens is 3. The lowest BCUT2D eigenvalue weighted by Gasteiger charge is -2.11. The third-order valence-corrected chi connectivity index (χ3v) is 4.45. The first-order valence-electron chi connectivity index (χ1n) is 8.78. The second kappa shape index (κ2) is 7.40. The normalized spacial score (nSPS) is 11.3. The predicted molar refractivity (Wildman–Crippen MR) is 105 cm³/mol. The number of nitrogens with one attached hydrogen (secondary N) is 1. The van der Waals surface area contributed by atoms with Crippen LogP contribution >= 0.6 is 0 Å². The number of alkyl halides is 3. The quantitative estimate of drug-likeness (QED) is 0.514. The zero-order valence-electron chi connectivity index (χ0n) is 15.6. The fraction of sp³-hybridized carbons (Fsp3) is 0.0952. The van der Waals surface area contributed by atoms with Crippen LogP contribution in [0.2, 0.25) is 0 Å². The molecule has 0 saturated carbocycles. The molecule has 3 aromatic heterocycles. The average molecular weight is 406 g/mol. The fourth-order valence-electron chi connectivity index (χ4n) is 2.95. The molecule has 1 aromatic carbocycles. The van der Waals surface area contributed by atoms with Gasteiger partial charge in [0.1, 0.15) is 11.8 Å². The van der Waals surface area contributed by atoms with Gasteiger partial charge in [0.15, 0.2) is 0 Å². The lowest BCUT2D eigenvalue weighted by molar-refractivity contribution is -0.138. The molecule has 0 amide bonds. The highest BCUT2D eigenvalue weighted by Crippen LogP contribution is 2.31. The molecule has 0 aliphatic heterocycles. The number of pyridine rings is 2. The van der Waals surface area contributed by atoms with E-state index in [-0.39, 0.29) is 5.95 Å². The van der Waals surface area contributed by atoms with Crippen molar-refractivity contribution in [2.24, 2.45) is 0 Å². The van der Waals surface area contributed by atoms with Crippen LogP contribution in [-0.2, 0) is 6.18 Å². The van der Waals surface area contributed by atoms with Crippen LogP contribution in [0, 0.1) is 18.3 Å². The van der Waals surface area contributed by atoms with E-state index in [1.54, 1.807) is 18.3 Å². The van der Waals surface area contributed by atoms with Crippen LogP contribution in [0.5, 0.6) is 0 Å². The van der Waals surface area contributed by atoms with Gasteiger partial charge in [0.2, 0.25) is 5.95 Å². The highest BCUT2D eigenvalue weighted by Gasteiger charge is 2.31. The zero-order valence-corrected chi connectivity index (χ0v) is 15.6. The summed E-state index contributed by atoms with van der Waals surface area (Å²) in [7, 11) is 0. The highest BCUT2D eigenvalue weighted by molar-refractivity contribution is 5.94. The molecule has 0 fully saturated rings. The van der Waals surface area contributed by atoms with Gasteiger partial charge in [-0.3, -0.25) is 4.98 Å². The van der Waals surface area contributed by atoms with E-state index in [4.69, 9.17) is 5.26 Å². The highest BCUT2D eigenvalue weighted by atomic mass is 19.4. The van der Waals surface area contributed by atoms with E-state index in [2.05, 4.69) is 25.3 Å². The van der Waals surface area contributed by atoms with Crippen molar-refractivity contribution in [1.82, 2.24) is 19.9 Å². The summed E-state index contributed by atoms with van der Waals surface area (Å²) in [6.45, 7) is 1.90. The molecular formula is C21H13F3N6. The molecule has 9 heteroatoms. The number of aryl methyl sites for hydroxylation is 1. The summed E-state index contributed by atoms with van der Waals surface area (Å²) in [6, 6.07) is 12.7. The van der Waals surface area contributed by atoms with Gasteiger partial charge in [-0.2, -0.15) is 18.4 Å². The standard InChI is InChI=1S/C21H13F3N6/c1-12-2-4-15(9-25)29-19(12)13-3-5-16-17(6-7-26-18(16)8-13)30-20-27-10-14(11-28-20)21(22,23)24/h2-8,10-11H,1H3,(H,26,27,28,30). The molecule has 1 N–H and O–H groups in total. The minimum Gasteiger partial charge on any atom is -0.323 e. The van der Waals surface area contributed by atoms with Gasteiger partial charge in [-0.1, -0.05) is 18.2 Å². The molecule has 4 aromatic rings. The van der Waals surface area contributed by atoms with Gasteiger partial charge in [0.25, 0.3) is 0 Å². The van der Waals surface area contributed by atoms with Crippen molar-refractivity contribution in [2.45, 2.75) is 13.1 Å². The van der Waals surface area contributed by atoms with Crippen LogP contribution in [0.15, 0.2) is 55.0 Å². The van der Waals surface area contributed by atoms with Crippen molar-refractivity contribution in [2.75, 3.05) is 5.32 Å². The molecule has 148 valence electrons. The third-order valence-electron chi connectivity index (χ3n) is 4.45. The van der Waals surface area contributed by atoms with Crippen molar-refractivity contribution in [3.8, 4) is 17.3 Å². The third kappa shape index (κ3) is 3.75. The second-order valence-electron chi connectivity index (χ2n) is 6.48. The fourth-order valence-corrected chi connectivity index (χ4v) is 2.95. The Bertz CT molecular complexity index is 1280. The summed E-state index contributed by atoms with van der Waals surface area (Å²) in [6.07, 6.45) is -1.46. The van der Waals surface area contributed by atoms with E-state index in [0.717, 1.165) is 28.9 Å². The van der Waals surface area contributed by atoms with Crippen molar-refractivity contribution in [1.29, 1.82) is 5.26 Å². The van der Waals surface area contributed by atoms with Gasteiger partial charge < -0.3 is 5.32 Å². The largest absolute Gasteiger partial charge is 0.419 e. The number of anilines is 2. The molecule has 0 atom stereocenters. The summed E-state index contributed by atoms with van der Waals surface area (Å²) in [5, 5.41) is 12.8. The first-order valence-corrected chi connectivity index (χ1v) is 8.78. The molecule has 0 saturated heterocycles. The van der Waals surface area contributed by atoms with Gasteiger partial charge in [0, 0.05) is 29.5 Å². The predicted octanol–water partition coefficient (Wildman–Crippen LogP) is 5.03. The maximum atomic E-state index is 12.7. The summed E-state index contributed by atoms with van der Waals surface area (Å²) in [4.78, 5) is 16.2. The van der Waals surface area contributed by atoms with Crippen molar-refractivity contribution in [3.05, 3.63) is 71.8 Å². The van der Waals surface area contributed by atoms with E-state index in [1.807, 2.05) is 37.3 Å². The summed E-state index contributed by atoms with van der Waals surface area (Å²) in [5.74, 6) is 0.0406. The molecular weight excluding hydrogens is 393 g/mol. The number of nitrogens with zero attached hydrogens (tertiary/aromatic N) is 5. The monoisotopic (exact) mass is 406 g/mol. The van der Waals surface area contributed by atoms with Crippen molar-refractivity contribution in [3.63, 3.8) is 0 Å². The lowest BCUT2D eigenvalue weighted by atomic mass is 10.0. The Morgan fingerprint density at radius 2 is 1.77 bits per heavy atom. The SMILES string of the molecule is Cc1ccc(C#N)nc1-c1ccc2c(Nc3ncc(C(F)(F)F)cn3)ccnc2c1. The van der Waals surface area contributed by atoms with Crippen molar-refractivity contribution < 1.29 is 13.2 Å². The number of aromatic nitrogens is 4. The number of fused-ring (bicyclic) bond motifs is 1. The van der Waals surface area contributed by atoms with E-state index in [9.17, 15) is 13.2 Å². The van der Waals surface area contributed by atoms with Gasteiger partial charge in [0.05, 0.1) is 22.5 Å². The van der Waals surface area contributed by atoms with Crippen LogP contribution in [-0.4, -0.2) is 19.9 Å². The average Bonchev–Trinajstić information content (AvgIpc) is 2.74. The van der Waals surface area contributed by atoms with Crippen LogP contribution in [0.25, 0.3) is 22.2 Å². The van der Waals surface area contributed by atoms with Gasteiger partial charge in [-0.25, -0.2) is 15.0 Å². The molecule has 4 rings (SSSR count). The minimum atomic E-state index is -4.49. The van der Waals surface area contributed by atoms with Gasteiger partial charge in [-0.05, 0) is 30.7 Å². The molecule has 0 aliphatic rings. The van der Waals surface area contributed by atoms with E-state index in [1.165, 1.54) is 0 Å². The Hall–Kier alpha value is -4.06. The maximum Gasteiger partial charge on any atom is 0.419 e. The molecule has 0 unspecified atom stereocenters.